The van der Waals surface area contributed by atoms with Crippen molar-refractivity contribution in [2.75, 3.05) is 6.61 Å². The van der Waals surface area contributed by atoms with Crippen LogP contribution in [0.4, 0.5) is 0 Å². The fourth-order valence-corrected chi connectivity index (χ4v) is 2.93. The number of carbonyl (C=O) groups is 1. The molecule has 0 spiro atoms. The summed E-state index contributed by atoms with van der Waals surface area (Å²) in [5, 5.41) is 2.19. The molecule has 1 aliphatic heterocycles. The maximum Gasteiger partial charge on any atom is 0.163 e. The van der Waals surface area contributed by atoms with E-state index in [1.54, 1.807) is 0 Å². The highest BCUT2D eigenvalue weighted by Crippen LogP contribution is 2.22. The van der Waals surface area contributed by atoms with Crippen molar-refractivity contribution in [3.05, 3.63) is 48.0 Å². The van der Waals surface area contributed by atoms with Gasteiger partial charge in [-0.15, -0.1) is 0 Å². The second-order valence-corrected chi connectivity index (χ2v) is 5.48. The summed E-state index contributed by atoms with van der Waals surface area (Å²) < 4.78 is 5.70. The number of ketones is 1. The summed E-state index contributed by atoms with van der Waals surface area (Å²) in [6.45, 7) is 0.854. The molecule has 104 valence electrons. The van der Waals surface area contributed by atoms with E-state index in [4.69, 9.17) is 4.74 Å². The van der Waals surface area contributed by atoms with Crippen molar-refractivity contribution in [2.24, 2.45) is 0 Å². The highest BCUT2D eigenvalue weighted by atomic mass is 16.5. The molecule has 0 bridgehead atoms. The van der Waals surface area contributed by atoms with E-state index in [1.165, 1.54) is 6.42 Å². The van der Waals surface area contributed by atoms with Crippen LogP contribution in [0.2, 0.25) is 0 Å². The zero-order chi connectivity index (χ0) is 13.8. The molecule has 1 unspecified atom stereocenters. The lowest BCUT2D eigenvalue weighted by Crippen LogP contribution is -2.20. The molecular weight excluding hydrogens is 248 g/mol. The standard InChI is InChI=1S/C18H20O2/c19-18(12-11-15-8-3-4-13-20-15)17-10-5-7-14-6-1-2-9-16(14)17/h1-2,5-7,9-10,15H,3-4,8,11-13H2. The average molecular weight is 268 g/mol. The first-order chi connectivity index (χ1) is 9.84. The van der Waals surface area contributed by atoms with Crippen LogP contribution in [0.1, 0.15) is 42.5 Å². The summed E-state index contributed by atoms with van der Waals surface area (Å²) in [5.74, 6) is 0.232. The van der Waals surface area contributed by atoms with Gasteiger partial charge in [-0.3, -0.25) is 4.79 Å². The van der Waals surface area contributed by atoms with Crippen molar-refractivity contribution in [1.82, 2.24) is 0 Å². The zero-order valence-electron chi connectivity index (χ0n) is 11.7. The van der Waals surface area contributed by atoms with Crippen molar-refractivity contribution in [1.29, 1.82) is 0 Å². The lowest BCUT2D eigenvalue weighted by Gasteiger charge is -2.22. The van der Waals surface area contributed by atoms with E-state index in [0.717, 1.165) is 42.2 Å². The first-order valence-electron chi connectivity index (χ1n) is 7.47. The monoisotopic (exact) mass is 268 g/mol. The van der Waals surface area contributed by atoms with E-state index in [2.05, 4.69) is 12.1 Å². The molecule has 0 N–H and O–H groups in total. The SMILES string of the molecule is O=C(CCC1CCCCO1)c1cccc2ccccc12. The summed E-state index contributed by atoms with van der Waals surface area (Å²) in [7, 11) is 0. The van der Waals surface area contributed by atoms with Crippen LogP contribution in [0.5, 0.6) is 0 Å². The molecule has 3 rings (SSSR count). The van der Waals surface area contributed by atoms with Gasteiger partial charge >= 0.3 is 0 Å². The number of fused-ring (bicyclic) bond motifs is 1. The maximum absolute atomic E-state index is 12.4. The number of ether oxygens (including phenoxy) is 1. The second-order valence-electron chi connectivity index (χ2n) is 5.48. The van der Waals surface area contributed by atoms with Gasteiger partial charge < -0.3 is 4.74 Å². The molecule has 1 heterocycles. The third kappa shape index (κ3) is 2.91. The maximum atomic E-state index is 12.4. The summed E-state index contributed by atoms with van der Waals surface area (Å²) in [5.41, 5.74) is 0.846. The van der Waals surface area contributed by atoms with Gasteiger partial charge in [0.05, 0.1) is 6.10 Å². The Balaban J connectivity index is 1.72. The van der Waals surface area contributed by atoms with Gasteiger partial charge in [-0.05, 0) is 36.5 Å². The molecule has 1 saturated heterocycles. The molecule has 1 atom stereocenters. The lowest BCUT2D eigenvalue weighted by atomic mass is 9.96. The largest absolute Gasteiger partial charge is 0.378 e. The summed E-state index contributed by atoms with van der Waals surface area (Å²) in [4.78, 5) is 12.4. The second kappa shape index (κ2) is 6.19. The highest BCUT2D eigenvalue weighted by molar-refractivity contribution is 6.08. The first kappa shape index (κ1) is 13.3. The number of benzene rings is 2. The van der Waals surface area contributed by atoms with Gasteiger partial charge in [0, 0.05) is 18.6 Å². The minimum absolute atomic E-state index is 0.232. The quantitative estimate of drug-likeness (QED) is 0.769. The van der Waals surface area contributed by atoms with Crippen molar-refractivity contribution in [3.63, 3.8) is 0 Å². The molecule has 1 aliphatic rings. The smallest absolute Gasteiger partial charge is 0.163 e. The summed E-state index contributed by atoms with van der Waals surface area (Å²) >= 11 is 0. The van der Waals surface area contributed by atoms with Gasteiger partial charge in [0.1, 0.15) is 0 Å². The molecule has 0 amide bonds. The Bertz CT molecular complexity index is 592. The van der Waals surface area contributed by atoms with E-state index >= 15 is 0 Å². The zero-order valence-corrected chi connectivity index (χ0v) is 11.7. The van der Waals surface area contributed by atoms with Crippen molar-refractivity contribution >= 4 is 16.6 Å². The van der Waals surface area contributed by atoms with Crippen molar-refractivity contribution in [3.8, 4) is 0 Å². The van der Waals surface area contributed by atoms with Gasteiger partial charge in [0.15, 0.2) is 5.78 Å². The summed E-state index contributed by atoms with van der Waals surface area (Å²) in [6, 6.07) is 14.0. The van der Waals surface area contributed by atoms with Gasteiger partial charge in [-0.2, -0.15) is 0 Å². The van der Waals surface area contributed by atoms with Crippen LogP contribution in [-0.4, -0.2) is 18.5 Å². The Morgan fingerprint density at radius 2 is 1.95 bits per heavy atom. The topological polar surface area (TPSA) is 26.3 Å². The Labute approximate surface area is 119 Å². The average Bonchev–Trinajstić information content (AvgIpc) is 2.53. The van der Waals surface area contributed by atoms with Crippen molar-refractivity contribution < 1.29 is 9.53 Å². The molecule has 2 aromatic carbocycles. The third-order valence-electron chi connectivity index (χ3n) is 4.06. The van der Waals surface area contributed by atoms with Crippen LogP contribution in [0.3, 0.4) is 0 Å². The number of carbonyl (C=O) groups excluding carboxylic acids is 1. The lowest BCUT2D eigenvalue weighted by molar-refractivity contribution is 0.0104. The van der Waals surface area contributed by atoms with Crippen LogP contribution in [0, 0.1) is 0 Å². The molecule has 2 aromatic rings. The van der Waals surface area contributed by atoms with E-state index in [-0.39, 0.29) is 11.9 Å². The highest BCUT2D eigenvalue weighted by Gasteiger charge is 2.16. The van der Waals surface area contributed by atoms with Crippen LogP contribution in [0.25, 0.3) is 10.8 Å². The Morgan fingerprint density at radius 3 is 2.80 bits per heavy atom. The molecule has 20 heavy (non-hydrogen) atoms. The van der Waals surface area contributed by atoms with Gasteiger partial charge in [0.25, 0.3) is 0 Å². The summed E-state index contributed by atoms with van der Waals surface area (Å²) in [6.07, 6.45) is 5.20. The van der Waals surface area contributed by atoms with Crippen molar-refractivity contribution in [2.45, 2.75) is 38.2 Å². The first-order valence-corrected chi connectivity index (χ1v) is 7.47. The minimum Gasteiger partial charge on any atom is -0.378 e. The third-order valence-corrected chi connectivity index (χ3v) is 4.06. The molecule has 2 heteroatoms. The van der Waals surface area contributed by atoms with E-state index < -0.39 is 0 Å². The number of hydrogen-bond acceptors (Lipinski definition) is 2. The molecule has 0 radical (unpaired) electrons. The Kier molecular flexibility index (Phi) is 4.12. The predicted octanol–water partition coefficient (Wildman–Crippen LogP) is 4.37. The fraction of sp³-hybridized carbons (Fsp3) is 0.389. The van der Waals surface area contributed by atoms with Crippen LogP contribution < -0.4 is 0 Å². The Hall–Kier alpha value is -1.67. The van der Waals surface area contributed by atoms with Crippen LogP contribution in [0.15, 0.2) is 42.5 Å². The fourth-order valence-electron chi connectivity index (χ4n) is 2.93. The molecule has 0 aliphatic carbocycles. The molecule has 0 aromatic heterocycles. The van der Waals surface area contributed by atoms with Gasteiger partial charge in [-0.25, -0.2) is 0 Å². The Morgan fingerprint density at radius 1 is 1.10 bits per heavy atom. The number of Topliss-reactive ketones (excluding diaryl/α,β-unsaturated/α-hetero) is 1. The van der Waals surface area contributed by atoms with Crippen LogP contribution >= 0.6 is 0 Å². The van der Waals surface area contributed by atoms with Crippen LogP contribution in [-0.2, 0) is 4.74 Å². The molecular formula is C18H20O2. The minimum atomic E-state index is 0.232. The number of hydrogen-bond donors (Lipinski definition) is 0. The van der Waals surface area contributed by atoms with E-state index in [9.17, 15) is 4.79 Å². The van der Waals surface area contributed by atoms with Gasteiger partial charge in [-0.1, -0.05) is 42.5 Å². The molecule has 1 fully saturated rings. The predicted molar refractivity (Wildman–Crippen MR) is 81.1 cm³/mol. The molecule has 2 nitrogen and oxygen atoms in total. The van der Waals surface area contributed by atoms with Gasteiger partial charge in [0.2, 0.25) is 0 Å². The van der Waals surface area contributed by atoms with E-state index in [1.807, 2.05) is 30.3 Å². The van der Waals surface area contributed by atoms with E-state index in [0.29, 0.717) is 6.42 Å². The molecule has 0 saturated carbocycles. The normalized spacial score (nSPS) is 19.1. The number of rotatable bonds is 4.